The number of nitrogens with zero attached hydrogens (tertiary/aromatic N) is 5. The fourth-order valence-electron chi connectivity index (χ4n) is 4.65. The molecule has 4 aromatic rings. The van der Waals surface area contributed by atoms with Crippen LogP contribution in [0.4, 0.5) is 38.0 Å². The monoisotopic (exact) mass is 616 g/mol. The molecule has 4 heterocycles. The fourth-order valence-corrected chi connectivity index (χ4v) is 6.02. The van der Waals surface area contributed by atoms with Crippen molar-refractivity contribution in [1.29, 1.82) is 0 Å². The number of aliphatic hydroxyl groups is 1. The van der Waals surface area contributed by atoms with Gasteiger partial charge in [0, 0.05) is 56.6 Å². The molecule has 1 saturated heterocycles. The first-order valence-electron chi connectivity index (χ1n) is 12.2. The third-order valence-electron chi connectivity index (χ3n) is 6.85. The largest absolute Gasteiger partial charge is 0.441 e. The molecule has 3 aromatic heterocycles. The van der Waals surface area contributed by atoms with Gasteiger partial charge in [0.05, 0.1) is 0 Å². The van der Waals surface area contributed by atoms with Crippen molar-refractivity contribution in [2.24, 2.45) is 0 Å². The molecule has 0 bridgehead atoms. The van der Waals surface area contributed by atoms with E-state index in [1.54, 1.807) is 6.92 Å². The zero-order chi connectivity index (χ0) is 30.7. The first-order valence-corrected chi connectivity index (χ1v) is 13.7. The van der Waals surface area contributed by atoms with Gasteiger partial charge in [-0.1, -0.05) is 6.07 Å². The number of nitrogen functional groups attached to an aromatic ring is 1. The number of aromatic nitrogens is 3. The summed E-state index contributed by atoms with van der Waals surface area (Å²) >= 11 is 0. The SMILES string of the molecule is Cc1nc2cc(-c3cc(C(O)(C(F)(F)F)C(F)(F)F)cnc3N3CCN(S(=O)(=O)c4ccc(N)nc4)CC3)ccc2o1. The zero-order valence-corrected chi connectivity index (χ0v) is 22.4. The molecule has 42 heavy (non-hydrogen) atoms. The molecule has 0 saturated carbocycles. The number of rotatable bonds is 5. The van der Waals surface area contributed by atoms with E-state index in [0.29, 0.717) is 17.8 Å². The average Bonchev–Trinajstić information content (AvgIpc) is 3.30. The number of hydrogen-bond donors (Lipinski definition) is 2. The van der Waals surface area contributed by atoms with Crippen LogP contribution in [0.1, 0.15) is 11.5 Å². The van der Waals surface area contributed by atoms with Gasteiger partial charge < -0.3 is 20.2 Å². The second-order valence-electron chi connectivity index (χ2n) is 9.53. The molecule has 0 aliphatic carbocycles. The fraction of sp³-hybridized carbons (Fsp3) is 0.320. The molecule has 1 aliphatic heterocycles. The molecule has 0 radical (unpaired) electrons. The van der Waals surface area contributed by atoms with Gasteiger partial charge >= 0.3 is 12.4 Å². The number of benzene rings is 1. The summed E-state index contributed by atoms with van der Waals surface area (Å²) < 4.78 is 115. The average molecular weight is 617 g/mol. The van der Waals surface area contributed by atoms with Crippen LogP contribution < -0.4 is 10.6 Å². The van der Waals surface area contributed by atoms with Crippen LogP contribution in [0.25, 0.3) is 22.2 Å². The Morgan fingerprint density at radius 1 is 0.929 bits per heavy atom. The van der Waals surface area contributed by atoms with Gasteiger partial charge in [0.2, 0.25) is 10.0 Å². The number of fused-ring (bicyclic) bond motifs is 1. The van der Waals surface area contributed by atoms with E-state index in [0.717, 1.165) is 6.20 Å². The lowest BCUT2D eigenvalue weighted by atomic mass is 9.91. The number of sulfonamides is 1. The van der Waals surface area contributed by atoms with Crippen molar-refractivity contribution in [1.82, 2.24) is 19.3 Å². The Kier molecular flexibility index (Phi) is 7.10. The highest BCUT2D eigenvalue weighted by Gasteiger charge is 2.71. The first kappa shape index (κ1) is 29.5. The maximum absolute atomic E-state index is 13.7. The Hall–Kier alpha value is -3.96. The minimum absolute atomic E-state index is 0.00486. The van der Waals surface area contributed by atoms with Crippen molar-refractivity contribution in [2.75, 3.05) is 36.8 Å². The molecule has 1 aromatic carbocycles. The Labute approximate surface area is 234 Å². The highest BCUT2D eigenvalue weighted by atomic mass is 32.2. The number of aryl methyl sites for hydroxylation is 1. The number of anilines is 2. The summed E-state index contributed by atoms with van der Waals surface area (Å²) in [4.78, 5) is 13.3. The van der Waals surface area contributed by atoms with E-state index in [4.69, 9.17) is 10.2 Å². The summed E-state index contributed by atoms with van der Waals surface area (Å²) in [7, 11) is -3.96. The number of halogens is 6. The number of hydrogen-bond acceptors (Lipinski definition) is 9. The normalized spacial score (nSPS) is 15.9. The molecule has 0 atom stereocenters. The van der Waals surface area contributed by atoms with Crippen molar-refractivity contribution in [3.63, 3.8) is 0 Å². The van der Waals surface area contributed by atoms with Crippen LogP contribution in [0.2, 0.25) is 0 Å². The van der Waals surface area contributed by atoms with Gasteiger partial charge in [-0.3, -0.25) is 0 Å². The van der Waals surface area contributed by atoms with Gasteiger partial charge in [0.1, 0.15) is 22.0 Å². The van der Waals surface area contributed by atoms with Gasteiger partial charge in [0.25, 0.3) is 5.60 Å². The predicted octanol–water partition coefficient (Wildman–Crippen LogP) is 4.00. The molecule has 3 N–H and O–H groups in total. The van der Waals surface area contributed by atoms with E-state index < -0.39 is 33.5 Å². The first-order chi connectivity index (χ1) is 19.5. The molecule has 1 aliphatic rings. The maximum atomic E-state index is 13.7. The molecule has 0 spiro atoms. The Bertz CT molecular complexity index is 1720. The van der Waals surface area contributed by atoms with Crippen molar-refractivity contribution in [2.45, 2.75) is 29.8 Å². The molecule has 10 nitrogen and oxygen atoms in total. The summed E-state index contributed by atoms with van der Waals surface area (Å²) in [6.07, 6.45) is -10.8. The summed E-state index contributed by atoms with van der Waals surface area (Å²) in [5.41, 5.74) is -0.601. The minimum Gasteiger partial charge on any atom is -0.441 e. The quantitative estimate of drug-likeness (QED) is 0.319. The van der Waals surface area contributed by atoms with Crippen LogP contribution in [-0.4, -0.2) is 71.3 Å². The minimum atomic E-state index is -6.12. The Balaban J connectivity index is 1.55. The second kappa shape index (κ2) is 10.1. The number of piperazine rings is 1. The molecular weight excluding hydrogens is 594 g/mol. The molecular formula is C25H22F6N6O4S. The lowest BCUT2D eigenvalue weighted by Crippen LogP contribution is -2.54. The van der Waals surface area contributed by atoms with E-state index in [9.17, 15) is 39.9 Å². The molecule has 224 valence electrons. The van der Waals surface area contributed by atoms with Gasteiger partial charge in [0.15, 0.2) is 11.5 Å². The van der Waals surface area contributed by atoms with E-state index >= 15 is 0 Å². The van der Waals surface area contributed by atoms with Crippen LogP contribution in [0.3, 0.4) is 0 Å². The van der Waals surface area contributed by atoms with Gasteiger partial charge in [-0.25, -0.2) is 23.4 Å². The van der Waals surface area contributed by atoms with Crippen LogP contribution in [0.15, 0.2) is 58.1 Å². The summed E-state index contributed by atoms with van der Waals surface area (Å²) in [5, 5.41) is 10.0. The van der Waals surface area contributed by atoms with Crippen molar-refractivity contribution in [3.05, 3.63) is 60.2 Å². The molecule has 17 heteroatoms. The Morgan fingerprint density at radius 3 is 2.19 bits per heavy atom. The summed E-state index contributed by atoms with van der Waals surface area (Å²) in [6.45, 7) is 1.40. The van der Waals surface area contributed by atoms with E-state index in [1.165, 1.54) is 39.5 Å². The van der Waals surface area contributed by atoms with Crippen LogP contribution >= 0.6 is 0 Å². The van der Waals surface area contributed by atoms with Crippen molar-refractivity contribution >= 4 is 32.8 Å². The van der Waals surface area contributed by atoms with Gasteiger partial charge in [-0.05, 0) is 35.9 Å². The highest BCUT2D eigenvalue weighted by Crippen LogP contribution is 2.51. The second-order valence-corrected chi connectivity index (χ2v) is 11.5. The topological polar surface area (TPSA) is 139 Å². The molecule has 5 rings (SSSR count). The van der Waals surface area contributed by atoms with Crippen LogP contribution in [0, 0.1) is 6.92 Å². The van der Waals surface area contributed by atoms with Crippen molar-refractivity contribution < 1.29 is 44.3 Å². The van der Waals surface area contributed by atoms with Crippen molar-refractivity contribution in [3.8, 4) is 11.1 Å². The maximum Gasteiger partial charge on any atom is 0.430 e. The third-order valence-corrected chi connectivity index (χ3v) is 8.73. The highest BCUT2D eigenvalue weighted by molar-refractivity contribution is 7.89. The predicted molar refractivity (Wildman–Crippen MR) is 138 cm³/mol. The smallest absolute Gasteiger partial charge is 0.430 e. The standard InChI is InChI=1S/C25H22F6N6O4S/c1-14-35-19-10-15(2-4-20(19)41-14)18-11-16(23(38,24(26,27)28)25(29,30)31)12-34-22(18)36-6-8-37(9-7-36)42(39,40)17-3-5-21(32)33-13-17/h2-5,10-13,38H,6-9H2,1H3,(H2,32,33). The zero-order valence-electron chi connectivity index (χ0n) is 21.6. The lowest BCUT2D eigenvalue weighted by Gasteiger charge is -2.36. The number of nitrogens with two attached hydrogens (primary N) is 1. The summed E-state index contributed by atoms with van der Waals surface area (Å²) in [6, 6.07) is 7.48. The molecule has 1 fully saturated rings. The molecule has 0 unspecified atom stereocenters. The van der Waals surface area contributed by atoms with E-state index in [1.807, 2.05) is 0 Å². The third kappa shape index (κ3) is 5.00. The van der Waals surface area contributed by atoms with Gasteiger partial charge in [-0.2, -0.15) is 30.6 Å². The van der Waals surface area contributed by atoms with Crippen LogP contribution in [0.5, 0.6) is 0 Å². The van der Waals surface area contributed by atoms with E-state index in [-0.39, 0.29) is 65.2 Å². The number of pyridine rings is 2. The number of alkyl halides is 6. The van der Waals surface area contributed by atoms with E-state index in [2.05, 4.69) is 15.0 Å². The molecule has 0 amide bonds. The summed E-state index contributed by atoms with van der Waals surface area (Å²) in [5.74, 6) is 0.394. The van der Waals surface area contributed by atoms with Crippen LogP contribution in [-0.2, 0) is 15.6 Å². The van der Waals surface area contributed by atoms with Gasteiger partial charge in [-0.15, -0.1) is 0 Å². The Morgan fingerprint density at radius 2 is 1.60 bits per heavy atom. The lowest BCUT2D eigenvalue weighted by molar-refractivity contribution is -0.376. The number of oxazole rings is 1.